The summed E-state index contributed by atoms with van der Waals surface area (Å²) in [5.74, 6) is 2.43. The van der Waals surface area contributed by atoms with Crippen molar-refractivity contribution < 1.29 is 0 Å². The van der Waals surface area contributed by atoms with Crippen LogP contribution in [0.15, 0.2) is 0 Å². The summed E-state index contributed by atoms with van der Waals surface area (Å²) in [7, 11) is 2.13. The van der Waals surface area contributed by atoms with Crippen molar-refractivity contribution in [2.75, 3.05) is 13.6 Å². The molecule has 1 saturated heterocycles. The number of nitrogens with zero attached hydrogens (tertiary/aromatic N) is 1. The first-order chi connectivity index (χ1) is 5.52. The van der Waals surface area contributed by atoms with Crippen LogP contribution in [0.3, 0.4) is 0 Å². The van der Waals surface area contributed by atoms with Gasteiger partial charge in [-0.3, -0.25) is 5.43 Å². The molecule has 72 valence electrons. The van der Waals surface area contributed by atoms with Gasteiger partial charge < -0.3 is 0 Å². The molecule has 0 aromatic carbocycles. The third-order valence-corrected chi connectivity index (χ3v) is 3.28. The van der Waals surface area contributed by atoms with Crippen molar-refractivity contribution in [3.05, 3.63) is 0 Å². The van der Waals surface area contributed by atoms with Crippen LogP contribution in [0.25, 0.3) is 0 Å². The van der Waals surface area contributed by atoms with Gasteiger partial charge in [0.1, 0.15) is 0 Å². The van der Waals surface area contributed by atoms with Gasteiger partial charge in [0.2, 0.25) is 0 Å². The average molecular weight is 170 g/mol. The topological polar surface area (TPSA) is 15.3 Å². The Morgan fingerprint density at radius 1 is 1.33 bits per heavy atom. The quantitative estimate of drug-likeness (QED) is 0.679. The maximum Gasteiger partial charge on any atom is 0.0230 e. The first-order valence-electron chi connectivity index (χ1n) is 4.99. The molecule has 0 aliphatic carbocycles. The molecule has 1 heterocycles. The van der Waals surface area contributed by atoms with Crippen molar-refractivity contribution in [2.45, 2.75) is 33.7 Å². The van der Waals surface area contributed by atoms with Crippen molar-refractivity contribution in [2.24, 2.45) is 17.8 Å². The van der Waals surface area contributed by atoms with E-state index in [2.05, 4.69) is 45.2 Å². The Hall–Kier alpha value is -0.0800. The predicted molar refractivity (Wildman–Crippen MR) is 52.7 cm³/mol. The maximum absolute atomic E-state index is 3.44. The smallest absolute Gasteiger partial charge is 0.0230 e. The summed E-state index contributed by atoms with van der Waals surface area (Å²) in [6.45, 7) is 10.5. The van der Waals surface area contributed by atoms with Crippen LogP contribution in [0.2, 0.25) is 0 Å². The number of rotatable bonds is 2. The van der Waals surface area contributed by atoms with E-state index in [1.165, 1.54) is 6.54 Å². The minimum Gasteiger partial charge on any atom is -0.252 e. The number of hydrogen-bond donors (Lipinski definition) is 1. The van der Waals surface area contributed by atoms with Gasteiger partial charge in [0.05, 0.1) is 0 Å². The second kappa shape index (κ2) is 3.75. The lowest BCUT2D eigenvalue weighted by atomic mass is 9.82. The van der Waals surface area contributed by atoms with Crippen molar-refractivity contribution in [3.63, 3.8) is 0 Å². The Morgan fingerprint density at radius 2 is 1.92 bits per heavy atom. The molecule has 0 spiro atoms. The van der Waals surface area contributed by atoms with E-state index in [0.29, 0.717) is 6.04 Å². The fourth-order valence-corrected chi connectivity index (χ4v) is 2.09. The minimum absolute atomic E-state index is 0.646. The zero-order valence-corrected chi connectivity index (χ0v) is 8.96. The third-order valence-electron chi connectivity index (χ3n) is 3.28. The summed E-state index contributed by atoms with van der Waals surface area (Å²) in [6.07, 6.45) is 0. The highest BCUT2D eigenvalue weighted by molar-refractivity contribution is 4.84. The molecule has 0 aromatic heterocycles. The van der Waals surface area contributed by atoms with E-state index in [0.717, 1.165) is 17.8 Å². The van der Waals surface area contributed by atoms with Crippen LogP contribution in [0, 0.1) is 17.8 Å². The van der Waals surface area contributed by atoms with Gasteiger partial charge in [-0.2, -0.15) is 0 Å². The minimum atomic E-state index is 0.646. The van der Waals surface area contributed by atoms with Gasteiger partial charge in [-0.25, -0.2) is 5.01 Å². The van der Waals surface area contributed by atoms with Crippen molar-refractivity contribution >= 4 is 0 Å². The van der Waals surface area contributed by atoms with Crippen LogP contribution in [0.1, 0.15) is 27.7 Å². The van der Waals surface area contributed by atoms with Crippen molar-refractivity contribution in [1.82, 2.24) is 10.4 Å². The Labute approximate surface area is 76.3 Å². The Bertz CT molecular complexity index is 145. The monoisotopic (exact) mass is 170 g/mol. The molecule has 1 aliphatic heterocycles. The van der Waals surface area contributed by atoms with Gasteiger partial charge in [-0.05, 0) is 24.7 Å². The molecular weight excluding hydrogens is 148 g/mol. The van der Waals surface area contributed by atoms with Crippen LogP contribution in [0.5, 0.6) is 0 Å². The molecule has 0 amide bonds. The van der Waals surface area contributed by atoms with Crippen LogP contribution in [0.4, 0.5) is 0 Å². The SMILES string of the molecule is CC(C)C(C)C1CN(C)NC1C. The van der Waals surface area contributed by atoms with E-state index in [-0.39, 0.29) is 0 Å². The van der Waals surface area contributed by atoms with Gasteiger partial charge in [0.15, 0.2) is 0 Å². The molecule has 0 saturated carbocycles. The van der Waals surface area contributed by atoms with E-state index in [1.807, 2.05) is 0 Å². The molecule has 2 nitrogen and oxygen atoms in total. The molecule has 3 unspecified atom stereocenters. The van der Waals surface area contributed by atoms with Crippen molar-refractivity contribution in [1.29, 1.82) is 0 Å². The van der Waals surface area contributed by atoms with Crippen molar-refractivity contribution in [3.8, 4) is 0 Å². The highest BCUT2D eigenvalue weighted by Crippen LogP contribution is 2.27. The number of hydrazine groups is 1. The molecule has 0 radical (unpaired) electrons. The van der Waals surface area contributed by atoms with Crippen LogP contribution in [-0.2, 0) is 0 Å². The molecule has 0 aromatic rings. The summed E-state index contributed by atoms with van der Waals surface area (Å²) < 4.78 is 0. The molecule has 1 fully saturated rings. The van der Waals surface area contributed by atoms with Crippen LogP contribution < -0.4 is 5.43 Å². The lowest BCUT2D eigenvalue weighted by molar-refractivity contribution is 0.263. The zero-order chi connectivity index (χ0) is 9.30. The second-order valence-corrected chi connectivity index (χ2v) is 4.57. The summed E-state index contributed by atoms with van der Waals surface area (Å²) in [4.78, 5) is 0. The zero-order valence-electron chi connectivity index (χ0n) is 8.96. The van der Waals surface area contributed by atoms with Crippen LogP contribution >= 0.6 is 0 Å². The fraction of sp³-hybridized carbons (Fsp3) is 1.00. The third kappa shape index (κ3) is 1.99. The van der Waals surface area contributed by atoms with Gasteiger partial charge >= 0.3 is 0 Å². The Kier molecular flexibility index (Phi) is 3.13. The molecule has 1 rings (SSSR count). The fourth-order valence-electron chi connectivity index (χ4n) is 2.09. The molecule has 0 bridgehead atoms. The normalized spacial score (nSPS) is 34.5. The van der Waals surface area contributed by atoms with E-state index in [4.69, 9.17) is 0 Å². The summed E-state index contributed by atoms with van der Waals surface area (Å²) in [6, 6.07) is 0.646. The lowest BCUT2D eigenvalue weighted by Crippen LogP contribution is -2.32. The van der Waals surface area contributed by atoms with Crippen LogP contribution in [-0.4, -0.2) is 24.6 Å². The molecule has 1 N–H and O–H groups in total. The highest BCUT2D eigenvalue weighted by Gasteiger charge is 2.32. The van der Waals surface area contributed by atoms with Gasteiger partial charge in [0.25, 0.3) is 0 Å². The Balaban J connectivity index is 2.51. The summed E-state index contributed by atoms with van der Waals surface area (Å²) >= 11 is 0. The average Bonchev–Trinajstić information content (AvgIpc) is 2.28. The van der Waals surface area contributed by atoms with Gasteiger partial charge in [0, 0.05) is 19.6 Å². The van der Waals surface area contributed by atoms with E-state index >= 15 is 0 Å². The predicted octanol–water partition coefficient (Wildman–Crippen LogP) is 1.73. The number of hydrogen-bond acceptors (Lipinski definition) is 2. The number of nitrogens with one attached hydrogen (secondary N) is 1. The van der Waals surface area contributed by atoms with Gasteiger partial charge in [-0.1, -0.05) is 20.8 Å². The van der Waals surface area contributed by atoms with E-state index in [9.17, 15) is 0 Å². The van der Waals surface area contributed by atoms with E-state index in [1.54, 1.807) is 0 Å². The van der Waals surface area contributed by atoms with Gasteiger partial charge in [-0.15, -0.1) is 0 Å². The second-order valence-electron chi connectivity index (χ2n) is 4.57. The first-order valence-corrected chi connectivity index (χ1v) is 4.99. The largest absolute Gasteiger partial charge is 0.252 e. The first kappa shape index (κ1) is 10.0. The molecule has 2 heteroatoms. The highest BCUT2D eigenvalue weighted by atomic mass is 15.5. The molecule has 1 aliphatic rings. The maximum atomic E-state index is 3.44. The van der Waals surface area contributed by atoms with E-state index < -0.39 is 0 Å². The lowest BCUT2D eigenvalue weighted by Gasteiger charge is -2.24. The molecule has 12 heavy (non-hydrogen) atoms. The Morgan fingerprint density at radius 3 is 2.25 bits per heavy atom. The molecule has 3 atom stereocenters. The standard InChI is InChI=1S/C10H22N2/c1-7(2)8(3)10-6-12(5)11-9(10)4/h7-11H,6H2,1-5H3. The summed E-state index contributed by atoms with van der Waals surface area (Å²) in [5.41, 5.74) is 3.44. The molecular formula is C10H22N2. The summed E-state index contributed by atoms with van der Waals surface area (Å²) in [5, 5.41) is 2.22.